The third-order valence-corrected chi connectivity index (χ3v) is 5.20. The quantitative estimate of drug-likeness (QED) is 0.404. The number of rotatable bonds is 1. The molecule has 1 N–H and O–H groups in total. The molecule has 2 heterocycles. The van der Waals surface area contributed by atoms with Crippen LogP contribution in [-0.4, -0.2) is 14.5 Å². The largest absolute Gasteiger partial charge is 0.354 e. The van der Waals surface area contributed by atoms with E-state index in [9.17, 15) is 0 Å². The van der Waals surface area contributed by atoms with Crippen LogP contribution in [0.3, 0.4) is 0 Å². The summed E-state index contributed by atoms with van der Waals surface area (Å²) in [6.45, 7) is 0. The molecule has 0 atom stereocenters. The van der Waals surface area contributed by atoms with Crippen LogP contribution in [0.2, 0.25) is 0 Å². The first-order valence-electron chi connectivity index (χ1n) is 8.75. The molecular weight excluding hydrogens is 318 g/mol. The second kappa shape index (κ2) is 4.96. The number of aromatic amines is 1. The number of imidazole rings is 1. The van der Waals surface area contributed by atoms with Crippen LogP contribution in [0.25, 0.3) is 49.3 Å². The monoisotopic (exact) mass is 333 g/mol. The van der Waals surface area contributed by atoms with Crippen molar-refractivity contribution in [3.05, 3.63) is 85.2 Å². The van der Waals surface area contributed by atoms with Crippen molar-refractivity contribution >= 4 is 43.6 Å². The van der Waals surface area contributed by atoms with Gasteiger partial charge in [0.2, 0.25) is 0 Å². The molecule has 6 aromatic rings. The first-order chi connectivity index (χ1) is 12.9. The molecule has 0 spiro atoms. The number of nitrogens with one attached hydrogen (secondary N) is 1. The lowest BCUT2D eigenvalue weighted by Gasteiger charge is -2.08. The highest BCUT2D eigenvalue weighted by Gasteiger charge is 2.17. The van der Waals surface area contributed by atoms with E-state index in [4.69, 9.17) is 4.98 Å². The minimum Gasteiger partial charge on any atom is -0.354 e. The SMILES string of the molecule is c1ccc(-n2cnc3c4ccccc4c4[nH]c5ccccc5c4c32)cc1. The molecular formula is C23H15N3. The van der Waals surface area contributed by atoms with Gasteiger partial charge >= 0.3 is 0 Å². The Kier molecular flexibility index (Phi) is 2.61. The molecule has 0 bridgehead atoms. The summed E-state index contributed by atoms with van der Waals surface area (Å²) in [6.07, 6.45) is 1.94. The standard InChI is InChI=1S/C23H15N3/c1-2-8-15(9-3-1)26-14-24-22-17-11-5-4-10-16(17)21-20(23(22)26)18-12-6-7-13-19(18)25-21/h1-14,25H. The molecule has 0 fully saturated rings. The van der Waals surface area contributed by atoms with Crippen molar-refractivity contribution in [2.45, 2.75) is 0 Å². The molecule has 3 nitrogen and oxygen atoms in total. The first-order valence-corrected chi connectivity index (χ1v) is 8.75. The Bertz CT molecular complexity index is 1420. The van der Waals surface area contributed by atoms with Gasteiger partial charge < -0.3 is 4.98 Å². The van der Waals surface area contributed by atoms with E-state index >= 15 is 0 Å². The van der Waals surface area contributed by atoms with Crippen molar-refractivity contribution in [2.75, 3.05) is 0 Å². The number of para-hydroxylation sites is 2. The Labute approximate surface area is 149 Å². The highest BCUT2D eigenvalue weighted by molar-refractivity contribution is 6.29. The molecule has 0 amide bonds. The van der Waals surface area contributed by atoms with Gasteiger partial charge in [0.25, 0.3) is 0 Å². The molecule has 0 unspecified atom stereocenters. The smallest absolute Gasteiger partial charge is 0.100 e. The molecule has 0 saturated carbocycles. The van der Waals surface area contributed by atoms with Crippen LogP contribution in [0.5, 0.6) is 0 Å². The summed E-state index contributed by atoms with van der Waals surface area (Å²) in [5, 5.41) is 4.85. The summed E-state index contributed by atoms with van der Waals surface area (Å²) in [7, 11) is 0. The number of benzene rings is 4. The van der Waals surface area contributed by atoms with Gasteiger partial charge in [-0.2, -0.15) is 0 Å². The van der Waals surface area contributed by atoms with E-state index in [1.54, 1.807) is 0 Å². The normalized spacial score (nSPS) is 11.8. The summed E-state index contributed by atoms with van der Waals surface area (Å²) in [5.41, 5.74) is 5.65. The summed E-state index contributed by atoms with van der Waals surface area (Å²) in [4.78, 5) is 8.45. The Balaban J connectivity index is 1.95. The van der Waals surface area contributed by atoms with Gasteiger partial charge in [0, 0.05) is 32.7 Å². The van der Waals surface area contributed by atoms with E-state index in [0.717, 1.165) is 22.2 Å². The zero-order valence-electron chi connectivity index (χ0n) is 14.0. The van der Waals surface area contributed by atoms with E-state index in [1.807, 2.05) is 12.4 Å². The van der Waals surface area contributed by atoms with Crippen LogP contribution in [0, 0.1) is 0 Å². The highest BCUT2D eigenvalue weighted by Crippen LogP contribution is 2.39. The molecule has 3 heteroatoms. The van der Waals surface area contributed by atoms with Crippen molar-refractivity contribution in [2.24, 2.45) is 0 Å². The van der Waals surface area contributed by atoms with Crippen molar-refractivity contribution in [1.29, 1.82) is 0 Å². The van der Waals surface area contributed by atoms with Crippen molar-refractivity contribution in [1.82, 2.24) is 14.5 Å². The zero-order chi connectivity index (χ0) is 17.1. The maximum atomic E-state index is 4.81. The maximum absolute atomic E-state index is 4.81. The van der Waals surface area contributed by atoms with Gasteiger partial charge in [-0.25, -0.2) is 4.98 Å². The number of fused-ring (bicyclic) bond motifs is 8. The summed E-state index contributed by atoms with van der Waals surface area (Å²) in [6, 6.07) is 27.4. The third-order valence-electron chi connectivity index (χ3n) is 5.20. The lowest BCUT2D eigenvalue weighted by atomic mass is 10.0. The minimum atomic E-state index is 1.04. The van der Waals surface area contributed by atoms with Gasteiger partial charge in [0.15, 0.2) is 0 Å². The van der Waals surface area contributed by atoms with Crippen LogP contribution in [0.15, 0.2) is 85.2 Å². The zero-order valence-corrected chi connectivity index (χ0v) is 14.0. The van der Waals surface area contributed by atoms with E-state index in [-0.39, 0.29) is 0 Å². The Morgan fingerprint density at radius 2 is 1.38 bits per heavy atom. The number of hydrogen-bond acceptors (Lipinski definition) is 1. The van der Waals surface area contributed by atoms with Crippen molar-refractivity contribution in [3.63, 3.8) is 0 Å². The predicted octanol–water partition coefficient (Wildman–Crippen LogP) is 5.81. The maximum Gasteiger partial charge on any atom is 0.100 e. The first kappa shape index (κ1) is 13.7. The Hall–Kier alpha value is -3.59. The molecule has 0 saturated heterocycles. The molecule has 4 aromatic carbocycles. The summed E-state index contributed by atoms with van der Waals surface area (Å²) in [5.74, 6) is 0. The second-order valence-corrected chi connectivity index (χ2v) is 6.61. The second-order valence-electron chi connectivity index (χ2n) is 6.61. The van der Waals surface area contributed by atoms with Crippen LogP contribution in [-0.2, 0) is 0 Å². The van der Waals surface area contributed by atoms with Crippen LogP contribution >= 0.6 is 0 Å². The van der Waals surface area contributed by atoms with E-state index in [2.05, 4.69) is 82.3 Å². The van der Waals surface area contributed by atoms with E-state index < -0.39 is 0 Å². The minimum absolute atomic E-state index is 1.04. The van der Waals surface area contributed by atoms with Gasteiger partial charge in [-0.15, -0.1) is 0 Å². The summed E-state index contributed by atoms with van der Waals surface area (Å²) >= 11 is 0. The fourth-order valence-corrected chi connectivity index (χ4v) is 4.07. The van der Waals surface area contributed by atoms with Crippen LogP contribution in [0.1, 0.15) is 0 Å². The van der Waals surface area contributed by atoms with Gasteiger partial charge in [0.05, 0.1) is 16.6 Å². The fourth-order valence-electron chi connectivity index (χ4n) is 4.07. The highest BCUT2D eigenvalue weighted by atomic mass is 15.1. The number of hydrogen-bond donors (Lipinski definition) is 1. The fraction of sp³-hybridized carbons (Fsp3) is 0. The molecule has 0 aliphatic rings. The predicted molar refractivity (Wildman–Crippen MR) is 108 cm³/mol. The van der Waals surface area contributed by atoms with Crippen molar-refractivity contribution in [3.8, 4) is 5.69 Å². The average molecular weight is 333 g/mol. The van der Waals surface area contributed by atoms with Crippen LogP contribution < -0.4 is 0 Å². The molecule has 0 aliphatic heterocycles. The molecule has 2 aromatic heterocycles. The number of H-pyrrole nitrogens is 1. The Morgan fingerprint density at radius 3 is 2.23 bits per heavy atom. The van der Waals surface area contributed by atoms with Gasteiger partial charge in [-0.05, 0) is 18.2 Å². The third kappa shape index (κ3) is 1.69. The Morgan fingerprint density at radius 1 is 0.692 bits per heavy atom. The lowest BCUT2D eigenvalue weighted by molar-refractivity contribution is 1.10. The number of nitrogens with zero attached hydrogens (tertiary/aromatic N) is 2. The van der Waals surface area contributed by atoms with Crippen molar-refractivity contribution < 1.29 is 0 Å². The average Bonchev–Trinajstić information content (AvgIpc) is 3.30. The molecule has 122 valence electrons. The molecule has 26 heavy (non-hydrogen) atoms. The van der Waals surface area contributed by atoms with E-state index in [1.165, 1.54) is 27.1 Å². The molecule has 6 rings (SSSR count). The molecule has 0 aliphatic carbocycles. The van der Waals surface area contributed by atoms with E-state index in [0.29, 0.717) is 0 Å². The topological polar surface area (TPSA) is 33.6 Å². The number of aromatic nitrogens is 3. The molecule has 0 radical (unpaired) electrons. The van der Waals surface area contributed by atoms with Gasteiger partial charge in [-0.1, -0.05) is 60.7 Å². The van der Waals surface area contributed by atoms with Gasteiger partial charge in [-0.3, -0.25) is 4.57 Å². The van der Waals surface area contributed by atoms with Gasteiger partial charge in [0.1, 0.15) is 6.33 Å². The van der Waals surface area contributed by atoms with Crippen LogP contribution in [0.4, 0.5) is 0 Å². The lowest BCUT2D eigenvalue weighted by Crippen LogP contribution is -1.92. The summed E-state index contributed by atoms with van der Waals surface area (Å²) < 4.78 is 2.20.